The maximum absolute atomic E-state index is 5.92. The van der Waals surface area contributed by atoms with Gasteiger partial charge < -0.3 is 18.8 Å². The number of likely N-dealkylation sites (N-methyl/N-ethyl adjacent to an activating group) is 2. The molecule has 0 amide bonds. The van der Waals surface area contributed by atoms with Crippen LogP contribution in [0.5, 0.6) is 0 Å². The number of nitrogens with zero attached hydrogens (tertiary/aromatic N) is 2. The molecule has 0 bridgehead atoms. The van der Waals surface area contributed by atoms with E-state index in [0.29, 0.717) is 19.8 Å². The molecule has 22 heavy (non-hydrogen) atoms. The van der Waals surface area contributed by atoms with E-state index in [0.717, 1.165) is 26.2 Å². The highest BCUT2D eigenvalue weighted by molar-refractivity contribution is 8.08. The largest absolute Gasteiger partial charge is 0.317 e. The van der Waals surface area contributed by atoms with Gasteiger partial charge in [-0.05, 0) is 31.5 Å². The summed E-state index contributed by atoms with van der Waals surface area (Å²) < 4.78 is 11.8. The van der Waals surface area contributed by atoms with Crippen LogP contribution in [-0.4, -0.2) is 63.3 Å². The van der Waals surface area contributed by atoms with Crippen LogP contribution in [0.3, 0.4) is 0 Å². The molecule has 1 aliphatic heterocycles. The van der Waals surface area contributed by atoms with Gasteiger partial charge in [0.15, 0.2) is 0 Å². The van der Waals surface area contributed by atoms with Crippen molar-refractivity contribution >= 4 is 18.4 Å². The first-order chi connectivity index (χ1) is 10.6. The lowest BCUT2D eigenvalue weighted by Crippen LogP contribution is -2.33. The number of hydrogen-bond donors (Lipinski definition) is 1. The van der Waals surface area contributed by atoms with Crippen LogP contribution in [0.25, 0.3) is 0 Å². The van der Waals surface area contributed by atoms with E-state index in [1.54, 1.807) is 0 Å². The molecule has 1 saturated heterocycles. The van der Waals surface area contributed by atoms with Gasteiger partial charge in [-0.25, -0.2) is 5.09 Å². The van der Waals surface area contributed by atoms with E-state index in [1.165, 1.54) is 5.56 Å². The summed E-state index contributed by atoms with van der Waals surface area (Å²) in [6, 6.07) is 10.2. The lowest BCUT2D eigenvalue weighted by Gasteiger charge is -2.24. The minimum atomic E-state index is -2.44. The van der Waals surface area contributed by atoms with Crippen molar-refractivity contribution in [2.24, 2.45) is 0 Å². The first kappa shape index (κ1) is 18.0. The Morgan fingerprint density at radius 2 is 1.55 bits per heavy atom. The third-order valence-electron chi connectivity index (χ3n) is 3.65. The Morgan fingerprint density at radius 3 is 2.09 bits per heavy atom. The van der Waals surface area contributed by atoms with Crippen molar-refractivity contribution in [1.82, 2.24) is 14.9 Å². The van der Waals surface area contributed by atoms with Gasteiger partial charge in [0, 0.05) is 32.7 Å². The number of benzene rings is 1. The summed E-state index contributed by atoms with van der Waals surface area (Å²) in [5.41, 5.74) is 1.18. The van der Waals surface area contributed by atoms with Crippen LogP contribution in [0.15, 0.2) is 30.3 Å². The van der Waals surface area contributed by atoms with Crippen molar-refractivity contribution in [3.8, 4) is 0 Å². The van der Waals surface area contributed by atoms with Gasteiger partial charge in [-0.15, -0.1) is 0 Å². The van der Waals surface area contributed by atoms with E-state index >= 15 is 0 Å². The van der Waals surface area contributed by atoms with E-state index in [2.05, 4.69) is 41.1 Å². The van der Waals surface area contributed by atoms with Gasteiger partial charge in [0.1, 0.15) is 0 Å². The SMILES string of the molecule is CN1CCOP(=S)(NCc2ccccc2)OCCN(C)CC1. The molecule has 0 radical (unpaired) electrons. The van der Waals surface area contributed by atoms with Crippen molar-refractivity contribution in [3.63, 3.8) is 0 Å². The summed E-state index contributed by atoms with van der Waals surface area (Å²) in [7, 11) is 4.22. The molecule has 1 fully saturated rings. The molecule has 1 N–H and O–H groups in total. The Bertz CT molecular complexity index is 469. The predicted octanol–water partition coefficient (Wildman–Crippen LogP) is 1.91. The van der Waals surface area contributed by atoms with E-state index in [-0.39, 0.29) is 0 Å². The molecule has 0 aromatic heterocycles. The molecule has 0 saturated carbocycles. The van der Waals surface area contributed by atoms with E-state index in [4.69, 9.17) is 20.9 Å². The first-order valence-electron chi connectivity index (χ1n) is 7.63. The summed E-state index contributed by atoms with van der Waals surface area (Å²) in [5.74, 6) is 0. The fourth-order valence-electron chi connectivity index (χ4n) is 2.11. The van der Waals surface area contributed by atoms with E-state index in [9.17, 15) is 0 Å². The van der Waals surface area contributed by atoms with Gasteiger partial charge in [0.25, 0.3) is 6.64 Å². The third kappa shape index (κ3) is 6.42. The van der Waals surface area contributed by atoms with Crippen LogP contribution in [0.2, 0.25) is 0 Å². The minimum absolute atomic E-state index is 0.597. The fraction of sp³-hybridized carbons (Fsp3) is 0.600. The van der Waals surface area contributed by atoms with Crippen molar-refractivity contribution in [1.29, 1.82) is 0 Å². The minimum Gasteiger partial charge on any atom is -0.317 e. The summed E-state index contributed by atoms with van der Waals surface area (Å²) >= 11 is 5.64. The average molecular weight is 343 g/mol. The van der Waals surface area contributed by atoms with Gasteiger partial charge in [0.2, 0.25) is 0 Å². The van der Waals surface area contributed by atoms with Gasteiger partial charge in [-0.2, -0.15) is 0 Å². The second-order valence-corrected chi connectivity index (χ2v) is 8.86. The zero-order valence-corrected chi connectivity index (χ0v) is 15.1. The second-order valence-electron chi connectivity index (χ2n) is 5.59. The van der Waals surface area contributed by atoms with Crippen molar-refractivity contribution < 1.29 is 9.05 Å². The molecular formula is C15H26N3O2PS. The first-order valence-corrected chi connectivity index (χ1v) is 10.3. The summed E-state index contributed by atoms with van der Waals surface area (Å²) in [6.07, 6.45) is 0. The standard InChI is InChI=1S/C15H26N3O2PS/c1-17-8-9-18(2)11-13-20-21(22,19-12-10-17)16-14-15-6-4-3-5-7-15/h3-7H,8-14H2,1-2H3,(H,16,22). The highest BCUT2D eigenvalue weighted by Gasteiger charge is 2.20. The maximum Gasteiger partial charge on any atom is 0.261 e. The molecule has 1 aliphatic rings. The van der Waals surface area contributed by atoms with Crippen molar-refractivity contribution in [3.05, 3.63) is 35.9 Å². The van der Waals surface area contributed by atoms with Crippen LogP contribution in [0.1, 0.15) is 5.56 Å². The molecule has 1 aromatic rings. The quantitative estimate of drug-likeness (QED) is 0.845. The lowest BCUT2D eigenvalue weighted by molar-refractivity contribution is 0.214. The Kier molecular flexibility index (Phi) is 7.44. The van der Waals surface area contributed by atoms with Crippen LogP contribution in [0.4, 0.5) is 0 Å². The zero-order chi connectivity index (χ0) is 15.8. The smallest absolute Gasteiger partial charge is 0.261 e. The molecule has 2 rings (SSSR count). The topological polar surface area (TPSA) is 37.0 Å². The van der Waals surface area contributed by atoms with Crippen LogP contribution in [0, 0.1) is 0 Å². The van der Waals surface area contributed by atoms with Crippen molar-refractivity contribution in [2.75, 3.05) is 53.5 Å². The van der Waals surface area contributed by atoms with Gasteiger partial charge in [0.05, 0.1) is 13.2 Å². The summed E-state index contributed by atoms with van der Waals surface area (Å²) in [4.78, 5) is 4.53. The normalized spacial score (nSPS) is 22.1. The van der Waals surface area contributed by atoms with Crippen molar-refractivity contribution in [2.45, 2.75) is 6.54 Å². The fourth-order valence-corrected chi connectivity index (χ4v) is 4.03. The average Bonchev–Trinajstić information content (AvgIpc) is 2.54. The molecule has 0 spiro atoms. The lowest BCUT2D eigenvalue weighted by atomic mass is 10.2. The molecule has 5 nitrogen and oxygen atoms in total. The Hall–Kier alpha value is -0.330. The predicted molar refractivity (Wildman–Crippen MR) is 94.5 cm³/mol. The number of hydrogen-bond acceptors (Lipinski definition) is 5. The van der Waals surface area contributed by atoms with E-state index < -0.39 is 6.64 Å². The molecular weight excluding hydrogens is 317 g/mol. The molecule has 0 atom stereocenters. The monoisotopic (exact) mass is 343 g/mol. The van der Waals surface area contributed by atoms with Crippen LogP contribution < -0.4 is 5.09 Å². The Balaban J connectivity index is 1.94. The van der Waals surface area contributed by atoms with Crippen LogP contribution in [-0.2, 0) is 27.4 Å². The van der Waals surface area contributed by atoms with Crippen LogP contribution >= 0.6 is 6.64 Å². The number of rotatable bonds is 3. The molecule has 1 aromatic carbocycles. The van der Waals surface area contributed by atoms with Gasteiger partial charge in [-0.1, -0.05) is 30.3 Å². The molecule has 7 heteroatoms. The molecule has 0 unspecified atom stereocenters. The molecule has 124 valence electrons. The number of nitrogens with one attached hydrogen (secondary N) is 1. The summed E-state index contributed by atoms with van der Waals surface area (Å²) in [6.45, 7) is 3.21. The Labute approximate surface area is 138 Å². The molecule has 1 heterocycles. The van der Waals surface area contributed by atoms with Gasteiger partial charge >= 0.3 is 0 Å². The summed E-state index contributed by atoms with van der Waals surface area (Å²) in [5, 5.41) is 3.32. The maximum atomic E-state index is 5.92. The second kappa shape index (κ2) is 9.08. The highest BCUT2D eigenvalue weighted by atomic mass is 32.5. The zero-order valence-electron chi connectivity index (χ0n) is 13.4. The highest BCUT2D eigenvalue weighted by Crippen LogP contribution is 2.44. The van der Waals surface area contributed by atoms with Gasteiger partial charge in [-0.3, -0.25) is 0 Å². The molecule has 0 aliphatic carbocycles. The van der Waals surface area contributed by atoms with E-state index in [1.807, 2.05) is 18.2 Å². The third-order valence-corrected chi connectivity index (χ3v) is 6.26. The Morgan fingerprint density at radius 1 is 1.00 bits per heavy atom.